The minimum absolute atomic E-state index is 0.147. The van der Waals surface area contributed by atoms with Crippen molar-refractivity contribution in [3.8, 4) is 0 Å². The first-order valence-electron chi connectivity index (χ1n) is 12.0. The van der Waals surface area contributed by atoms with Crippen molar-refractivity contribution in [1.29, 1.82) is 0 Å². The number of esters is 1. The second-order valence-corrected chi connectivity index (χ2v) is 7.41. The lowest BCUT2D eigenvalue weighted by atomic mass is 10.2. The predicted molar refractivity (Wildman–Crippen MR) is 132 cm³/mol. The summed E-state index contributed by atoms with van der Waals surface area (Å²) in [7, 11) is 1.42. The number of carbonyl (C=O) groups is 3. The molecule has 2 amide bonds. The fourth-order valence-electron chi connectivity index (χ4n) is 3.06. The van der Waals surface area contributed by atoms with Crippen LogP contribution in [0.25, 0.3) is 0 Å². The van der Waals surface area contributed by atoms with Gasteiger partial charge in [0.25, 0.3) is 5.91 Å². The number of ether oxygens (including phenoxy) is 1. The summed E-state index contributed by atoms with van der Waals surface area (Å²) in [5, 5.41) is 0. The van der Waals surface area contributed by atoms with Gasteiger partial charge in [0.05, 0.1) is 7.11 Å². The number of unbranched alkanes of at least 4 members (excludes halogenated alkanes) is 1. The SMILES string of the molecule is C=C(/C=C\C)C(=O)N(C=O)CCCCN1CCN(CCCC(=O)OC)CC1.CC.CCC. The highest BCUT2D eigenvalue weighted by atomic mass is 16.5. The average Bonchev–Trinajstić information content (AvgIpc) is 2.81. The highest BCUT2D eigenvalue weighted by Crippen LogP contribution is 2.07. The smallest absolute Gasteiger partial charge is 0.305 e. The predicted octanol–water partition coefficient (Wildman–Crippen LogP) is 3.90. The van der Waals surface area contributed by atoms with Crippen LogP contribution in [0, 0.1) is 0 Å². The molecule has 7 heteroatoms. The van der Waals surface area contributed by atoms with Crippen LogP contribution < -0.4 is 0 Å². The molecule has 1 heterocycles. The lowest BCUT2D eigenvalue weighted by Crippen LogP contribution is -2.46. The number of allylic oxidation sites excluding steroid dienone is 1. The van der Waals surface area contributed by atoms with Gasteiger partial charge in [0.2, 0.25) is 6.41 Å². The largest absolute Gasteiger partial charge is 0.469 e. The van der Waals surface area contributed by atoms with Crippen molar-refractivity contribution in [3.05, 3.63) is 24.3 Å². The van der Waals surface area contributed by atoms with Crippen LogP contribution in [0.15, 0.2) is 24.3 Å². The van der Waals surface area contributed by atoms with E-state index in [0.29, 0.717) is 24.9 Å². The van der Waals surface area contributed by atoms with Gasteiger partial charge in [0.1, 0.15) is 0 Å². The molecule has 1 aliphatic heterocycles. The summed E-state index contributed by atoms with van der Waals surface area (Å²) in [6.45, 7) is 20.1. The number of methoxy groups -OCH3 is 1. The Bertz CT molecular complexity index is 541. The van der Waals surface area contributed by atoms with Crippen molar-refractivity contribution in [1.82, 2.24) is 14.7 Å². The lowest BCUT2D eigenvalue weighted by molar-refractivity contribution is -0.141. The van der Waals surface area contributed by atoms with Crippen molar-refractivity contribution in [2.45, 2.75) is 66.7 Å². The highest BCUT2D eigenvalue weighted by Gasteiger charge is 2.17. The summed E-state index contributed by atoms with van der Waals surface area (Å²) in [4.78, 5) is 40.3. The number of carbonyl (C=O) groups excluding carboxylic acids is 3. The van der Waals surface area contributed by atoms with Crippen LogP contribution in [0.1, 0.15) is 66.7 Å². The van der Waals surface area contributed by atoms with Crippen LogP contribution in [0.2, 0.25) is 0 Å². The Kier molecular flexibility index (Phi) is 22.3. The number of rotatable bonds is 12. The summed E-state index contributed by atoms with van der Waals surface area (Å²) in [5.41, 5.74) is 0.327. The molecule has 0 saturated carbocycles. The van der Waals surface area contributed by atoms with Gasteiger partial charge < -0.3 is 14.5 Å². The van der Waals surface area contributed by atoms with E-state index in [1.807, 2.05) is 20.8 Å². The molecule has 0 bridgehead atoms. The molecule has 1 aliphatic rings. The van der Waals surface area contributed by atoms with E-state index < -0.39 is 0 Å². The van der Waals surface area contributed by atoms with Gasteiger partial charge in [-0.3, -0.25) is 19.3 Å². The number of piperazine rings is 1. The summed E-state index contributed by atoms with van der Waals surface area (Å²) in [5.74, 6) is -0.477. The molecule has 0 atom stereocenters. The van der Waals surface area contributed by atoms with Gasteiger partial charge in [-0.25, -0.2) is 0 Å². The molecule has 0 spiro atoms. The molecule has 7 nitrogen and oxygen atoms in total. The van der Waals surface area contributed by atoms with Gasteiger partial charge in [-0.15, -0.1) is 0 Å². The zero-order chi connectivity index (χ0) is 24.8. The van der Waals surface area contributed by atoms with E-state index in [4.69, 9.17) is 0 Å². The molecule has 0 aromatic carbocycles. The quantitative estimate of drug-likeness (QED) is 0.147. The second-order valence-electron chi connectivity index (χ2n) is 7.41. The molecule has 0 unspecified atom stereocenters. The molecule has 1 saturated heterocycles. The first kappa shape index (κ1) is 32.2. The lowest BCUT2D eigenvalue weighted by Gasteiger charge is -2.34. The fraction of sp³-hybridized carbons (Fsp3) is 0.720. The maximum atomic E-state index is 12.0. The van der Waals surface area contributed by atoms with Gasteiger partial charge >= 0.3 is 5.97 Å². The van der Waals surface area contributed by atoms with Crippen molar-refractivity contribution < 1.29 is 19.1 Å². The van der Waals surface area contributed by atoms with E-state index in [2.05, 4.69) is 35.0 Å². The van der Waals surface area contributed by atoms with E-state index in [1.165, 1.54) is 18.4 Å². The van der Waals surface area contributed by atoms with Crippen molar-refractivity contribution in [2.24, 2.45) is 0 Å². The molecule has 0 aromatic heterocycles. The van der Waals surface area contributed by atoms with Gasteiger partial charge in [-0.05, 0) is 39.3 Å². The van der Waals surface area contributed by atoms with E-state index in [1.54, 1.807) is 12.2 Å². The first-order valence-corrected chi connectivity index (χ1v) is 12.0. The van der Waals surface area contributed by atoms with Crippen molar-refractivity contribution >= 4 is 18.3 Å². The van der Waals surface area contributed by atoms with Gasteiger partial charge in [-0.1, -0.05) is 52.8 Å². The van der Waals surface area contributed by atoms with Crippen molar-refractivity contribution in [3.63, 3.8) is 0 Å². The topological polar surface area (TPSA) is 70.2 Å². The number of imide groups is 1. The van der Waals surface area contributed by atoms with Crippen molar-refractivity contribution in [2.75, 3.05) is 52.9 Å². The summed E-state index contributed by atoms with van der Waals surface area (Å²) in [6.07, 6.45) is 8.22. The fourth-order valence-corrected chi connectivity index (χ4v) is 3.06. The van der Waals surface area contributed by atoms with E-state index in [0.717, 1.165) is 58.5 Å². The maximum Gasteiger partial charge on any atom is 0.305 e. The standard InChI is InChI=1S/C20H33N3O4.C3H8.C2H6/c1-4-8-18(2)20(26)23(17-24)12-6-5-10-21-13-15-22(16-14-21)11-7-9-19(25)27-3;1-3-2;1-2/h4,8,17H,2,5-7,9-16H2,1,3H3;3H2,1-2H3;1-2H3/b8-4-;;. The molecule has 186 valence electrons. The molecule has 0 aromatic rings. The molecular formula is C25H47N3O4. The van der Waals surface area contributed by atoms with Gasteiger partial charge in [-0.2, -0.15) is 0 Å². The Balaban J connectivity index is 0. The third kappa shape index (κ3) is 15.8. The van der Waals surface area contributed by atoms with Crippen LogP contribution in [0.5, 0.6) is 0 Å². The zero-order valence-electron chi connectivity index (χ0n) is 21.4. The molecular weight excluding hydrogens is 406 g/mol. The van der Waals surface area contributed by atoms with Gasteiger partial charge in [0, 0.05) is 44.7 Å². The summed E-state index contributed by atoms with van der Waals surface area (Å²) < 4.78 is 4.66. The monoisotopic (exact) mass is 453 g/mol. The second kappa shape index (κ2) is 22.2. The highest BCUT2D eigenvalue weighted by molar-refractivity contribution is 6.00. The Morgan fingerprint density at radius 2 is 1.50 bits per heavy atom. The first-order chi connectivity index (χ1) is 15.4. The molecule has 1 fully saturated rings. The summed E-state index contributed by atoms with van der Waals surface area (Å²) in [6, 6.07) is 0. The number of hydrogen-bond donors (Lipinski definition) is 0. The van der Waals surface area contributed by atoms with Crippen LogP contribution >= 0.6 is 0 Å². The Morgan fingerprint density at radius 3 is 1.94 bits per heavy atom. The van der Waals surface area contributed by atoms with Crippen LogP contribution in [0.4, 0.5) is 0 Å². The Hall–Kier alpha value is -1.99. The minimum Gasteiger partial charge on any atom is -0.469 e. The Morgan fingerprint density at radius 1 is 1.00 bits per heavy atom. The third-order valence-corrected chi connectivity index (χ3v) is 4.70. The molecule has 32 heavy (non-hydrogen) atoms. The molecule has 0 aliphatic carbocycles. The number of nitrogens with zero attached hydrogens (tertiary/aromatic N) is 3. The number of hydrogen-bond acceptors (Lipinski definition) is 6. The third-order valence-electron chi connectivity index (χ3n) is 4.70. The van der Waals surface area contributed by atoms with Crippen LogP contribution in [0.3, 0.4) is 0 Å². The average molecular weight is 454 g/mol. The van der Waals surface area contributed by atoms with Crippen LogP contribution in [-0.2, 0) is 19.1 Å². The normalized spacial score (nSPS) is 13.9. The van der Waals surface area contributed by atoms with Crippen LogP contribution in [-0.4, -0.2) is 85.9 Å². The zero-order valence-corrected chi connectivity index (χ0v) is 21.4. The molecule has 1 rings (SSSR count). The minimum atomic E-state index is -0.330. The van der Waals surface area contributed by atoms with E-state index >= 15 is 0 Å². The maximum absolute atomic E-state index is 12.0. The molecule has 0 N–H and O–H groups in total. The Labute approximate surface area is 196 Å². The van der Waals surface area contributed by atoms with E-state index in [-0.39, 0.29) is 11.9 Å². The van der Waals surface area contributed by atoms with Gasteiger partial charge in [0.15, 0.2) is 0 Å². The van der Waals surface area contributed by atoms with E-state index in [9.17, 15) is 14.4 Å². The molecule has 0 radical (unpaired) electrons. The summed E-state index contributed by atoms with van der Waals surface area (Å²) >= 11 is 0. The number of amides is 2.